The molecule has 6 heteroatoms. The van der Waals surface area contributed by atoms with Crippen molar-refractivity contribution in [2.45, 2.75) is 6.92 Å². The summed E-state index contributed by atoms with van der Waals surface area (Å²) in [7, 11) is 1.74. The number of carbonyl (C=O) groups excluding carboxylic acids is 1. The maximum atomic E-state index is 13.8. The highest BCUT2D eigenvalue weighted by Gasteiger charge is 2.11. The normalized spacial score (nSPS) is 11.1. The molecule has 2 aromatic carbocycles. The van der Waals surface area contributed by atoms with Crippen molar-refractivity contribution in [2.75, 3.05) is 19.0 Å². The van der Waals surface area contributed by atoms with E-state index in [2.05, 4.69) is 15.3 Å². The van der Waals surface area contributed by atoms with Gasteiger partial charge in [-0.25, -0.2) is 14.2 Å². The van der Waals surface area contributed by atoms with Crippen LogP contribution in [0.5, 0.6) is 0 Å². The van der Waals surface area contributed by atoms with Crippen molar-refractivity contribution in [1.29, 1.82) is 0 Å². The Morgan fingerprint density at radius 3 is 2.67 bits per heavy atom. The molecule has 0 unspecified atom stereocenters. The van der Waals surface area contributed by atoms with Crippen LogP contribution in [-0.4, -0.2) is 29.6 Å². The lowest BCUT2D eigenvalue weighted by molar-refractivity contribution is 0.0526. The molecule has 0 radical (unpaired) electrons. The van der Waals surface area contributed by atoms with Crippen LogP contribution in [-0.2, 0) is 4.74 Å². The van der Waals surface area contributed by atoms with E-state index >= 15 is 0 Å². The van der Waals surface area contributed by atoms with Gasteiger partial charge in [-0.15, -0.1) is 0 Å². The van der Waals surface area contributed by atoms with Crippen molar-refractivity contribution in [1.82, 2.24) is 9.97 Å². The molecule has 4 rings (SSSR count). The van der Waals surface area contributed by atoms with Gasteiger partial charge in [0, 0.05) is 18.1 Å². The van der Waals surface area contributed by atoms with Gasteiger partial charge in [-0.3, -0.25) is 0 Å². The summed E-state index contributed by atoms with van der Waals surface area (Å²) in [6, 6.07) is 13.9. The monoisotopic (exact) mass is 363 g/mol. The van der Waals surface area contributed by atoms with E-state index in [1.807, 2.05) is 24.3 Å². The first-order chi connectivity index (χ1) is 13.1. The molecule has 4 aromatic rings. The lowest BCUT2D eigenvalue weighted by Gasteiger charge is -2.05. The molecule has 0 fully saturated rings. The molecule has 2 heterocycles. The van der Waals surface area contributed by atoms with Gasteiger partial charge >= 0.3 is 5.97 Å². The number of nitrogens with one attached hydrogen (secondary N) is 2. The van der Waals surface area contributed by atoms with Gasteiger partial charge in [0.05, 0.1) is 34.4 Å². The summed E-state index contributed by atoms with van der Waals surface area (Å²) in [5.74, 6) is -0.649. The first-order valence-electron chi connectivity index (χ1n) is 8.67. The lowest BCUT2D eigenvalue weighted by atomic mass is 10.1. The van der Waals surface area contributed by atoms with E-state index in [9.17, 15) is 9.18 Å². The second-order valence-electron chi connectivity index (χ2n) is 6.18. The summed E-state index contributed by atoms with van der Waals surface area (Å²) in [6.07, 6.45) is 0. The molecule has 2 aromatic heterocycles. The van der Waals surface area contributed by atoms with E-state index in [0.29, 0.717) is 17.9 Å². The number of benzene rings is 2. The maximum Gasteiger partial charge on any atom is 0.338 e. The Bertz CT molecular complexity index is 1150. The minimum absolute atomic E-state index is 0.311. The van der Waals surface area contributed by atoms with Crippen LogP contribution in [0, 0.1) is 5.82 Å². The average molecular weight is 363 g/mol. The molecule has 0 aliphatic rings. The molecule has 136 valence electrons. The summed E-state index contributed by atoms with van der Waals surface area (Å²) in [5, 5.41) is 3.70. The van der Waals surface area contributed by atoms with Crippen LogP contribution < -0.4 is 5.32 Å². The molecule has 2 N–H and O–H groups in total. The molecule has 5 nitrogen and oxygen atoms in total. The Morgan fingerprint density at radius 1 is 1.19 bits per heavy atom. The zero-order valence-electron chi connectivity index (χ0n) is 15.0. The summed E-state index contributed by atoms with van der Waals surface area (Å²) in [6.45, 7) is 2.12. The van der Waals surface area contributed by atoms with Crippen LogP contribution in [0.15, 0.2) is 48.5 Å². The Morgan fingerprint density at radius 2 is 1.96 bits per heavy atom. The Hall–Kier alpha value is -3.41. The Balaban J connectivity index is 1.77. The van der Waals surface area contributed by atoms with Gasteiger partial charge in [0.15, 0.2) is 0 Å². The van der Waals surface area contributed by atoms with E-state index < -0.39 is 0 Å². The van der Waals surface area contributed by atoms with Crippen LogP contribution >= 0.6 is 0 Å². The van der Waals surface area contributed by atoms with Crippen LogP contribution in [0.1, 0.15) is 17.3 Å². The van der Waals surface area contributed by atoms with Crippen LogP contribution in [0.3, 0.4) is 0 Å². The topological polar surface area (TPSA) is 67.0 Å². The van der Waals surface area contributed by atoms with E-state index in [-0.39, 0.29) is 11.8 Å². The fourth-order valence-electron chi connectivity index (χ4n) is 3.14. The highest BCUT2D eigenvalue weighted by Crippen LogP contribution is 2.29. The zero-order valence-corrected chi connectivity index (χ0v) is 15.0. The molecule has 27 heavy (non-hydrogen) atoms. The molecule has 0 spiro atoms. The second-order valence-corrected chi connectivity index (χ2v) is 6.18. The highest BCUT2D eigenvalue weighted by molar-refractivity contribution is 5.99. The number of aromatic amines is 1. The first kappa shape index (κ1) is 17.0. The van der Waals surface area contributed by atoms with Gasteiger partial charge in [-0.2, -0.15) is 0 Å². The third-order valence-electron chi connectivity index (χ3n) is 4.44. The predicted octanol–water partition coefficient (Wildman–Crippen LogP) is 4.74. The fourth-order valence-corrected chi connectivity index (χ4v) is 3.14. The minimum Gasteiger partial charge on any atom is -0.462 e. The molecule has 0 atom stereocenters. The van der Waals surface area contributed by atoms with E-state index in [0.717, 1.165) is 33.2 Å². The largest absolute Gasteiger partial charge is 0.462 e. The number of hydrogen-bond acceptors (Lipinski definition) is 4. The van der Waals surface area contributed by atoms with Crippen LogP contribution in [0.4, 0.5) is 10.1 Å². The Labute approximate surface area is 155 Å². The van der Waals surface area contributed by atoms with Crippen molar-refractivity contribution >= 4 is 33.6 Å². The third-order valence-corrected chi connectivity index (χ3v) is 4.44. The lowest BCUT2D eigenvalue weighted by Crippen LogP contribution is -2.03. The molecule has 0 saturated heterocycles. The summed E-state index contributed by atoms with van der Waals surface area (Å²) < 4.78 is 18.8. The number of rotatable bonds is 4. The molecule has 0 bridgehead atoms. The first-order valence-corrected chi connectivity index (χ1v) is 8.67. The van der Waals surface area contributed by atoms with Gasteiger partial charge in [0.25, 0.3) is 0 Å². The van der Waals surface area contributed by atoms with Crippen molar-refractivity contribution in [3.8, 4) is 11.3 Å². The molecule has 0 aliphatic carbocycles. The zero-order chi connectivity index (χ0) is 19.0. The number of anilines is 1. The predicted molar refractivity (Wildman–Crippen MR) is 104 cm³/mol. The molecule has 0 aliphatic heterocycles. The van der Waals surface area contributed by atoms with Crippen LogP contribution in [0.25, 0.3) is 33.2 Å². The smallest absolute Gasteiger partial charge is 0.338 e. The standard InChI is InChI=1S/C21H18FN3O2/c1-3-27-21(26)13-6-4-12(5-7-13)16-11-18-17(24-16)9-14-8-15(22)10-19(23-2)20(14)25-18/h4-11,23-24H,3H2,1-2H3. The van der Waals surface area contributed by atoms with Crippen LogP contribution in [0.2, 0.25) is 0 Å². The number of carbonyl (C=O) groups is 1. The number of ether oxygens (including phenoxy) is 1. The number of halogens is 1. The molecular weight excluding hydrogens is 345 g/mol. The van der Waals surface area contributed by atoms with Crippen molar-refractivity contribution in [3.63, 3.8) is 0 Å². The summed E-state index contributed by atoms with van der Waals surface area (Å²) >= 11 is 0. The average Bonchev–Trinajstić information content (AvgIpc) is 3.09. The van der Waals surface area contributed by atoms with E-state index in [1.54, 1.807) is 26.1 Å². The van der Waals surface area contributed by atoms with E-state index in [1.165, 1.54) is 12.1 Å². The Kier molecular flexibility index (Phi) is 4.24. The van der Waals surface area contributed by atoms with Gasteiger partial charge in [-0.05, 0) is 48.9 Å². The third kappa shape index (κ3) is 3.10. The van der Waals surface area contributed by atoms with Crippen molar-refractivity contribution < 1.29 is 13.9 Å². The van der Waals surface area contributed by atoms with Gasteiger partial charge in [0.2, 0.25) is 0 Å². The molecule has 0 amide bonds. The minimum atomic E-state index is -0.338. The van der Waals surface area contributed by atoms with Gasteiger partial charge < -0.3 is 15.0 Å². The molecular formula is C21H18FN3O2. The number of H-pyrrole nitrogens is 1. The summed E-state index contributed by atoms with van der Waals surface area (Å²) in [4.78, 5) is 19.8. The van der Waals surface area contributed by atoms with E-state index in [4.69, 9.17) is 4.74 Å². The number of esters is 1. The number of pyridine rings is 1. The van der Waals surface area contributed by atoms with Crippen molar-refractivity contribution in [3.05, 3.63) is 59.9 Å². The number of nitrogens with zero attached hydrogens (tertiary/aromatic N) is 1. The quantitative estimate of drug-likeness (QED) is 0.514. The molecule has 0 saturated carbocycles. The SMILES string of the molecule is CCOC(=O)c1ccc(-c2cc3nc4c(NC)cc(F)cc4cc3[nH]2)cc1. The highest BCUT2D eigenvalue weighted by atomic mass is 19.1. The maximum absolute atomic E-state index is 13.8. The van der Waals surface area contributed by atoms with Crippen molar-refractivity contribution in [2.24, 2.45) is 0 Å². The summed E-state index contributed by atoms with van der Waals surface area (Å²) in [5.41, 5.74) is 5.27. The second kappa shape index (κ2) is 6.72. The number of hydrogen-bond donors (Lipinski definition) is 2. The van der Waals surface area contributed by atoms with Gasteiger partial charge in [0.1, 0.15) is 5.82 Å². The number of fused-ring (bicyclic) bond motifs is 2. The number of aromatic nitrogens is 2. The van der Waals surface area contributed by atoms with Gasteiger partial charge in [-0.1, -0.05) is 12.1 Å². The fraction of sp³-hybridized carbons (Fsp3) is 0.143.